The minimum atomic E-state index is -1.11. The van der Waals surface area contributed by atoms with Crippen molar-refractivity contribution >= 4 is 17.7 Å². The molecule has 0 atom stereocenters. The van der Waals surface area contributed by atoms with E-state index in [0.717, 1.165) is 19.3 Å². The Hall–Kier alpha value is -1.59. The molecule has 0 amide bonds. The van der Waals surface area contributed by atoms with Gasteiger partial charge in [-0.3, -0.25) is 0 Å². The number of rotatable bonds is 0. The number of carbonyl (C=O) groups excluding carboxylic acids is 2. The van der Waals surface area contributed by atoms with Crippen LogP contribution in [-0.4, -0.2) is 28.6 Å². The summed E-state index contributed by atoms with van der Waals surface area (Å²) in [5.74, 6) is -2.92. The van der Waals surface area contributed by atoms with Gasteiger partial charge >= 0.3 is 11.9 Å². The van der Waals surface area contributed by atoms with E-state index in [1.165, 1.54) is 0 Å². The Balaban J connectivity index is 2.19. The van der Waals surface area contributed by atoms with Crippen molar-refractivity contribution in [3.05, 3.63) is 0 Å². The predicted molar refractivity (Wildman–Crippen MR) is 47.2 cm³/mol. The molecule has 15 heavy (non-hydrogen) atoms. The van der Waals surface area contributed by atoms with Crippen molar-refractivity contribution in [2.24, 2.45) is 5.16 Å². The lowest BCUT2D eigenvalue weighted by Crippen LogP contribution is -2.51. The van der Waals surface area contributed by atoms with Gasteiger partial charge in [0.05, 0.1) is 0 Å². The summed E-state index contributed by atoms with van der Waals surface area (Å²) < 4.78 is 10.0. The van der Waals surface area contributed by atoms with Crippen LogP contribution in [0.2, 0.25) is 0 Å². The lowest BCUT2D eigenvalue weighted by atomic mass is 9.93. The molecule has 0 bridgehead atoms. The zero-order valence-electron chi connectivity index (χ0n) is 8.06. The SMILES string of the molecule is O=C1OC2(CCCCC2)OC(=O)C1=NO. The van der Waals surface area contributed by atoms with Crippen LogP contribution in [0.5, 0.6) is 0 Å². The van der Waals surface area contributed by atoms with Crippen LogP contribution in [0.3, 0.4) is 0 Å². The third-order valence-corrected chi connectivity index (χ3v) is 2.66. The van der Waals surface area contributed by atoms with Gasteiger partial charge in [-0.1, -0.05) is 11.6 Å². The second kappa shape index (κ2) is 3.52. The average Bonchev–Trinajstić information content (AvgIpc) is 2.18. The van der Waals surface area contributed by atoms with Crippen molar-refractivity contribution in [2.75, 3.05) is 0 Å². The van der Waals surface area contributed by atoms with Crippen molar-refractivity contribution in [3.63, 3.8) is 0 Å². The molecular formula is C9H11NO5. The number of oxime groups is 1. The minimum absolute atomic E-state index is 0.517. The molecule has 82 valence electrons. The minimum Gasteiger partial charge on any atom is -0.417 e. The monoisotopic (exact) mass is 213 g/mol. The fraction of sp³-hybridized carbons (Fsp3) is 0.667. The van der Waals surface area contributed by atoms with Gasteiger partial charge in [0.1, 0.15) is 0 Å². The largest absolute Gasteiger partial charge is 0.417 e. The molecule has 1 spiro atoms. The van der Waals surface area contributed by atoms with Crippen LogP contribution in [-0.2, 0) is 19.1 Å². The number of hydrogen-bond donors (Lipinski definition) is 1. The Kier molecular flexibility index (Phi) is 2.34. The highest BCUT2D eigenvalue weighted by Crippen LogP contribution is 2.35. The third-order valence-electron chi connectivity index (χ3n) is 2.66. The van der Waals surface area contributed by atoms with Gasteiger partial charge in [0, 0.05) is 12.8 Å². The molecule has 1 heterocycles. The van der Waals surface area contributed by atoms with Crippen LogP contribution in [0.15, 0.2) is 5.16 Å². The van der Waals surface area contributed by atoms with Gasteiger partial charge in [0.15, 0.2) is 0 Å². The van der Waals surface area contributed by atoms with E-state index in [1.54, 1.807) is 0 Å². The van der Waals surface area contributed by atoms with Crippen LogP contribution in [0.25, 0.3) is 0 Å². The van der Waals surface area contributed by atoms with Gasteiger partial charge in [-0.15, -0.1) is 0 Å². The molecule has 6 heteroatoms. The van der Waals surface area contributed by atoms with E-state index in [4.69, 9.17) is 14.7 Å². The van der Waals surface area contributed by atoms with Crippen molar-refractivity contribution in [1.82, 2.24) is 0 Å². The average molecular weight is 213 g/mol. The number of hydrogen-bond acceptors (Lipinski definition) is 6. The van der Waals surface area contributed by atoms with E-state index in [9.17, 15) is 9.59 Å². The first kappa shape index (κ1) is 9.95. The first-order valence-corrected chi connectivity index (χ1v) is 4.86. The summed E-state index contributed by atoms with van der Waals surface area (Å²) in [5, 5.41) is 11.0. The van der Waals surface area contributed by atoms with Crippen LogP contribution in [0.1, 0.15) is 32.1 Å². The normalized spacial score (nSPS) is 24.7. The zero-order valence-corrected chi connectivity index (χ0v) is 8.06. The molecule has 2 rings (SSSR count). The number of carbonyl (C=O) groups is 2. The standard InChI is InChI=1S/C9H11NO5/c11-7-6(10-13)8(12)15-9(14-7)4-2-1-3-5-9/h13H,1-5H2. The van der Waals surface area contributed by atoms with Crippen molar-refractivity contribution < 1.29 is 24.3 Å². The molecule has 0 radical (unpaired) electrons. The Morgan fingerprint density at radius 1 is 1.07 bits per heavy atom. The summed E-state index contributed by atoms with van der Waals surface area (Å²) in [6, 6.07) is 0. The van der Waals surface area contributed by atoms with E-state index < -0.39 is 23.4 Å². The Morgan fingerprint density at radius 2 is 1.60 bits per heavy atom. The van der Waals surface area contributed by atoms with Gasteiger partial charge in [-0.05, 0) is 12.8 Å². The van der Waals surface area contributed by atoms with Gasteiger partial charge in [0.2, 0.25) is 0 Å². The summed E-state index contributed by atoms with van der Waals surface area (Å²) in [4.78, 5) is 22.6. The first-order valence-electron chi connectivity index (χ1n) is 4.86. The predicted octanol–water partition coefficient (Wildman–Crippen LogP) is 0.577. The maximum absolute atomic E-state index is 11.3. The molecule has 0 unspecified atom stereocenters. The van der Waals surface area contributed by atoms with E-state index in [2.05, 4.69) is 5.16 Å². The smallest absolute Gasteiger partial charge is 0.371 e. The van der Waals surface area contributed by atoms with E-state index >= 15 is 0 Å². The second-order valence-corrected chi connectivity index (χ2v) is 3.70. The molecule has 1 aliphatic heterocycles. The summed E-state index contributed by atoms with van der Waals surface area (Å²) in [5.41, 5.74) is -0.689. The molecule has 1 N–H and O–H groups in total. The lowest BCUT2D eigenvalue weighted by molar-refractivity contribution is -0.237. The van der Waals surface area contributed by atoms with Gasteiger partial charge < -0.3 is 14.7 Å². The first-order chi connectivity index (χ1) is 7.17. The number of ether oxygens (including phenoxy) is 2. The fourth-order valence-electron chi connectivity index (χ4n) is 1.91. The highest BCUT2D eigenvalue weighted by molar-refractivity contribution is 6.63. The second-order valence-electron chi connectivity index (χ2n) is 3.70. The summed E-state index contributed by atoms with van der Waals surface area (Å²) in [6.07, 6.45) is 3.78. The summed E-state index contributed by atoms with van der Waals surface area (Å²) in [7, 11) is 0. The van der Waals surface area contributed by atoms with Crippen LogP contribution < -0.4 is 0 Å². The van der Waals surface area contributed by atoms with Crippen molar-refractivity contribution in [1.29, 1.82) is 0 Å². The molecule has 1 aliphatic carbocycles. The third kappa shape index (κ3) is 1.67. The van der Waals surface area contributed by atoms with Crippen LogP contribution >= 0.6 is 0 Å². The van der Waals surface area contributed by atoms with Gasteiger partial charge in [-0.2, -0.15) is 0 Å². The molecule has 2 fully saturated rings. The van der Waals surface area contributed by atoms with E-state index in [0.29, 0.717) is 12.8 Å². The lowest BCUT2D eigenvalue weighted by Gasteiger charge is -2.37. The fourth-order valence-corrected chi connectivity index (χ4v) is 1.91. The Morgan fingerprint density at radius 3 is 2.07 bits per heavy atom. The zero-order chi connectivity index (χ0) is 10.9. The van der Waals surface area contributed by atoms with Gasteiger partial charge in [0.25, 0.3) is 11.5 Å². The summed E-state index contributed by atoms with van der Waals surface area (Å²) >= 11 is 0. The molecular weight excluding hydrogens is 202 g/mol. The molecule has 0 aromatic heterocycles. The molecule has 0 aromatic rings. The van der Waals surface area contributed by atoms with E-state index in [1.807, 2.05) is 0 Å². The maximum atomic E-state index is 11.3. The number of nitrogens with zero attached hydrogens (tertiary/aromatic N) is 1. The highest BCUT2D eigenvalue weighted by atomic mass is 16.7. The molecule has 1 saturated carbocycles. The van der Waals surface area contributed by atoms with Crippen LogP contribution in [0, 0.1) is 0 Å². The summed E-state index contributed by atoms with van der Waals surface area (Å²) in [6.45, 7) is 0. The molecule has 2 aliphatic rings. The quantitative estimate of drug-likeness (QED) is 0.361. The van der Waals surface area contributed by atoms with Crippen LogP contribution in [0.4, 0.5) is 0 Å². The van der Waals surface area contributed by atoms with Crippen molar-refractivity contribution in [2.45, 2.75) is 37.9 Å². The van der Waals surface area contributed by atoms with E-state index in [-0.39, 0.29) is 0 Å². The van der Waals surface area contributed by atoms with Crippen molar-refractivity contribution in [3.8, 4) is 0 Å². The Labute approximate surface area is 85.8 Å². The molecule has 0 aromatic carbocycles. The molecule has 6 nitrogen and oxygen atoms in total. The highest BCUT2D eigenvalue weighted by Gasteiger charge is 2.47. The van der Waals surface area contributed by atoms with Gasteiger partial charge in [-0.25, -0.2) is 9.59 Å². The topological polar surface area (TPSA) is 85.2 Å². The Bertz CT molecular complexity index is 307. The molecule has 1 saturated heterocycles. The number of esters is 2. The maximum Gasteiger partial charge on any atom is 0.371 e.